The van der Waals surface area contributed by atoms with Crippen LogP contribution in [0.5, 0.6) is 0 Å². The van der Waals surface area contributed by atoms with E-state index >= 15 is 0 Å². The number of thioether (sulfide) groups is 1. The number of anilines is 2. The van der Waals surface area contributed by atoms with Gasteiger partial charge in [0, 0.05) is 5.69 Å². The Hall–Kier alpha value is -1.81. The molecule has 0 aliphatic rings. The van der Waals surface area contributed by atoms with Gasteiger partial charge in [-0.15, -0.1) is 10.2 Å². The van der Waals surface area contributed by atoms with Gasteiger partial charge in [-0.25, -0.2) is 0 Å². The fraction of sp³-hybridized carbons (Fsp3) is 0.308. The van der Waals surface area contributed by atoms with Crippen molar-refractivity contribution in [2.24, 2.45) is 0 Å². The van der Waals surface area contributed by atoms with Gasteiger partial charge >= 0.3 is 6.18 Å². The first kappa shape index (κ1) is 17.5. The molecule has 1 amide bonds. The number of benzene rings is 1. The molecular formula is C13H13F3N4OS2. The largest absolute Gasteiger partial charge is 0.405 e. The van der Waals surface area contributed by atoms with Crippen LogP contribution in [0.15, 0.2) is 28.6 Å². The standard InChI is InChI=1S/C13H13F3N4OS2/c1-8-4-2-3-5-9(8)18-11-19-20-12(23-11)22-6-10(21)17-7-13(14,15)16/h2-5H,6-7H2,1H3,(H,17,21)(H,18,19). The zero-order valence-corrected chi connectivity index (χ0v) is 13.6. The molecule has 2 N–H and O–H groups in total. The summed E-state index contributed by atoms with van der Waals surface area (Å²) in [6, 6.07) is 7.65. The van der Waals surface area contributed by atoms with Gasteiger partial charge in [0.05, 0.1) is 5.75 Å². The smallest absolute Gasteiger partial charge is 0.346 e. The molecule has 0 saturated heterocycles. The molecule has 0 aliphatic heterocycles. The maximum absolute atomic E-state index is 12.0. The summed E-state index contributed by atoms with van der Waals surface area (Å²) in [4.78, 5) is 11.3. The molecular weight excluding hydrogens is 349 g/mol. The fourth-order valence-electron chi connectivity index (χ4n) is 1.52. The summed E-state index contributed by atoms with van der Waals surface area (Å²) < 4.78 is 36.4. The molecule has 0 bridgehead atoms. The lowest BCUT2D eigenvalue weighted by Crippen LogP contribution is -2.34. The quantitative estimate of drug-likeness (QED) is 0.772. The zero-order chi connectivity index (χ0) is 16.9. The number of carbonyl (C=O) groups excluding carboxylic acids is 1. The van der Waals surface area contributed by atoms with Gasteiger partial charge in [-0.3, -0.25) is 4.79 Å². The summed E-state index contributed by atoms with van der Waals surface area (Å²) in [5.74, 6) is -0.842. The lowest BCUT2D eigenvalue weighted by atomic mass is 10.2. The Morgan fingerprint density at radius 3 is 2.74 bits per heavy atom. The van der Waals surface area contributed by atoms with Crippen molar-refractivity contribution in [3.8, 4) is 0 Å². The average Bonchev–Trinajstić information content (AvgIpc) is 2.92. The fourth-order valence-corrected chi connectivity index (χ4v) is 3.12. The van der Waals surface area contributed by atoms with Crippen molar-refractivity contribution in [1.29, 1.82) is 0 Å². The van der Waals surface area contributed by atoms with Crippen molar-refractivity contribution in [2.75, 3.05) is 17.6 Å². The SMILES string of the molecule is Cc1ccccc1Nc1nnc(SCC(=O)NCC(F)(F)F)s1. The first-order chi connectivity index (χ1) is 10.8. The molecule has 1 aromatic carbocycles. The number of hydrogen-bond donors (Lipinski definition) is 2. The van der Waals surface area contributed by atoms with Crippen LogP contribution in [0.1, 0.15) is 5.56 Å². The minimum atomic E-state index is -4.41. The highest BCUT2D eigenvalue weighted by Gasteiger charge is 2.27. The van der Waals surface area contributed by atoms with Crippen LogP contribution >= 0.6 is 23.1 Å². The van der Waals surface area contributed by atoms with E-state index < -0.39 is 18.6 Å². The average molecular weight is 362 g/mol. The third-order valence-electron chi connectivity index (χ3n) is 2.61. The van der Waals surface area contributed by atoms with Crippen molar-refractivity contribution in [3.05, 3.63) is 29.8 Å². The molecule has 1 aromatic heterocycles. The molecule has 2 aromatic rings. The Labute approximate surface area is 138 Å². The number of amides is 1. The van der Waals surface area contributed by atoms with Crippen LogP contribution in [-0.2, 0) is 4.79 Å². The van der Waals surface area contributed by atoms with Gasteiger partial charge in [0.15, 0.2) is 4.34 Å². The van der Waals surface area contributed by atoms with Crippen LogP contribution in [0.25, 0.3) is 0 Å². The molecule has 0 fully saturated rings. The molecule has 0 aliphatic carbocycles. The second kappa shape index (κ2) is 7.64. The van der Waals surface area contributed by atoms with E-state index in [1.807, 2.05) is 31.2 Å². The first-order valence-electron chi connectivity index (χ1n) is 6.46. The Morgan fingerprint density at radius 1 is 1.30 bits per heavy atom. The highest BCUT2D eigenvalue weighted by molar-refractivity contribution is 8.01. The zero-order valence-electron chi connectivity index (χ0n) is 12.0. The topological polar surface area (TPSA) is 66.9 Å². The van der Waals surface area contributed by atoms with Crippen LogP contribution in [0.2, 0.25) is 0 Å². The van der Waals surface area contributed by atoms with Crippen LogP contribution in [-0.4, -0.2) is 34.6 Å². The van der Waals surface area contributed by atoms with E-state index in [4.69, 9.17) is 0 Å². The third-order valence-corrected chi connectivity index (χ3v) is 4.58. The summed E-state index contributed by atoms with van der Waals surface area (Å²) in [5.41, 5.74) is 1.94. The molecule has 10 heteroatoms. The predicted octanol–water partition coefficient (Wildman–Crippen LogP) is 3.36. The summed E-state index contributed by atoms with van der Waals surface area (Å²) in [6.07, 6.45) is -4.41. The number of rotatable bonds is 6. The molecule has 124 valence electrons. The normalized spacial score (nSPS) is 11.3. The molecule has 0 radical (unpaired) electrons. The number of aromatic nitrogens is 2. The number of nitrogens with zero attached hydrogens (tertiary/aromatic N) is 2. The molecule has 0 atom stereocenters. The van der Waals surface area contributed by atoms with Gasteiger partial charge in [0.25, 0.3) is 0 Å². The van der Waals surface area contributed by atoms with Crippen molar-refractivity contribution >= 4 is 39.8 Å². The second-order valence-corrected chi connectivity index (χ2v) is 6.69. The van der Waals surface area contributed by atoms with Crippen molar-refractivity contribution < 1.29 is 18.0 Å². The number of hydrogen-bond acceptors (Lipinski definition) is 6. The molecule has 23 heavy (non-hydrogen) atoms. The Kier molecular flexibility index (Phi) is 5.83. The Morgan fingerprint density at radius 2 is 2.04 bits per heavy atom. The van der Waals surface area contributed by atoms with Crippen molar-refractivity contribution in [1.82, 2.24) is 15.5 Å². The molecule has 5 nitrogen and oxygen atoms in total. The predicted molar refractivity (Wildman–Crippen MR) is 84.2 cm³/mol. The van der Waals surface area contributed by atoms with Gasteiger partial charge in [-0.05, 0) is 18.6 Å². The summed E-state index contributed by atoms with van der Waals surface area (Å²) in [6.45, 7) is 0.618. The number of halogens is 3. The first-order valence-corrected chi connectivity index (χ1v) is 8.26. The van der Waals surface area contributed by atoms with E-state index in [1.165, 1.54) is 11.3 Å². The molecule has 2 rings (SSSR count). The van der Waals surface area contributed by atoms with E-state index in [9.17, 15) is 18.0 Å². The lowest BCUT2D eigenvalue weighted by Gasteiger charge is -2.07. The van der Waals surface area contributed by atoms with Gasteiger partial charge in [-0.1, -0.05) is 41.3 Å². The molecule has 0 spiro atoms. The number of para-hydroxylation sites is 1. The molecule has 1 heterocycles. The van der Waals surface area contributed by atoms with Crippen LogP contribution in [0.4, 0.5) is 24.0 Å². The lowest BCUT2D eigenvalue weighted by molar-refractivity contribution is -0.136. The second-order valence-electron chi connectivity index (χ2n) is 4.49. The Bertz CT molecular complexity index is 675. The summed E-state index contributed by atoms with van der Waals surface area (Å²) in [7, 11) is 0. The maximum Gasteiger partial charge on any atom is 0.405 e. The number of aryl methyl sites for hydroxylation is 1. The number of alkyl halides is 3. The highest BCUT2D eigenvalue weighted by atomic mass is 32.2. The number of nitrogens with one attached hydrogen (secondary N) is 2. The third kappa shape index (κ3) is 6.06. The minimum Gasteiger partial charge on any atom is -0.346 e. The van der Waals surface area contributed by atoms with E-state index in [2.05, 4.69) is 15.5 Å². The van der Waals surface area contributed by atoms with Crippen LogP contribution < -0.4 is 10.6 Å². The minimum absolute atomic E-state index is 0.144. The van der Waals surface area contributed by atoms with Crippen molar-refractivity contribution in [2.45, 2.75) is 17.4 Å². The molecule has 0 saturated carbocycles. The van der Waals surface area contributed by atoms with E-state index in [0.29, 0.717) is 9.47 Å². The maximum atomic E-state index is 12.0. The molecule has 0 unspecified atom stereocenters. The van der Waals surface area contributed by atoms with Crippen LogP contribution in [0, 0.1) is 6.92 Å². The Balaban J connectivity index is 1.83. The van der Waals surface area contributed by atoms with E-state index in [0.717, 1.165) is 23.0 Å². The van der Waals surface area contributed by atoms with Crippen LogP contribution in [0.3, 0.4) is 0 Å². The van der Waals surface area contributed by atoms with Gasteiger partial charge in [0.1, 0.15) is 6.54 Å². The number of carbonyl (C=O) groups is 1. The van der Waals surface area contributed by atoms with Gasteiger partial charge in [-0.2, -0.15) is 13.2 Å². The summed E-state index contributed by atoms with van der Waals surface area (Å²) >= 11 is 2.27. The van der Waals surface area contributed by atoms with Crippen molar-refractivity contribution in [3.63, 3.8) is 0 Å². The summed E-state index contributed by atoms with van der Waals surface area (Å²) in [5, 5.41) is 13.3. The van der Waals surface area contributed by atoms with Gasteiger partial charge < -0.3 is 10.6 Å². The monoisotopic (exact) mass is 362 g/mol. The highest BCUT2D eigenvalue weighted by Crippen LogP contribution is 2.28. The van der Waals surface area contributed by atoms with Gasteiger partial charge in [0.2, 0.25) is 11.0 Å². The van der Waals surface area contributed by atoms with E-state index in [1.54, 1.807) is 5.32 Å². The van der Waals surface area contributed by atoms with E-state index in [-0.39, 0.29) is 5.75 Å².